The molecule has 7 nitrogen and oxygen atoms in total. The Kier molecular flexibility index (Phi) is 5.34. The first-order chi connectivity index (χ1) is 15.9. The van der Waals surface area contributed by atoms with E-state index in [0.29, 0.717) is 40.8 Å². The van der Waals surface area contributed by atoms with Crippen LogP contribution in [0, 0.1) is 0 Å². The lowest BCUT2D eigenvalue weighted by Gasteiger charge is -2.28. The van der Waals surface area contributed by atoms with Gasteiger partial charge < -0.3 is 24.1 Å². The molecule has 2 aliphatic heterocycles. The summed E-state index contributed by atoms with van der Waals surface area (Å²) in [5.41, 5.74) is 1.91. The predicted octanol–water partition coefficient (Wildman–Crippen LogP) is 4.38. The third kappa shape index (κ3) is 3.74. The van der Waals surface area contributed by atoms with Crippen molar-refractivity contribution >= 4 is 34.7 Å². The van der Waals surface area contributed by atoms with Crippen molar-refractivity contribution in [2.24, 2.45) is 0 Å². The Balaban J connectivity index is 1.64. The van der Waals surface area contributed by atoms with E-state index in [9.17, 15) is 14.7 Å². The molecule has 8 heteroatoms. The van der Waals surface area contributed by atoms with Crippen molar-refractivity contribution < 1.29 is 23.8 Å². The molecule has 1 N–H and O–H groups in total. The van der Waals surface area contributed by atoms with Gasteiger partial charge in [-0.3, -0.25) is 9.59 Å². The molecule has 0 saturated carbocycles. The van der Waals surface area contributed by atoms with Crippen LogP contribution < -0.4 is 9.64 Å². The summed E-state index contributed by atoms with van der Waals surface area (Å²) in [6.45, 7) is 1.36. The number of halogens is 1. The zero-order chi connectivity index (χ0) is 23.1. The molecule has 1 amide bonds. The number of fused-ring (bicyclic) bond motifs is 1. The summed E-state index contributed by atoms with van der Waals surface area (Å²) in [7, 11) is 1.93. The van der Waals surface area contributed by atoms with E-state index in [2.05, 4.69) is 0 Å². The Labute approximate surface area is 195 Å². The fourth-order valence-electron chi connectivity index (χ4n) is 4.26. The van der Waals surface area contributed by atoms with E-state index in [4.69, 9.17) is 20.8 Å². The minimum atomic E-state index is -0.794. The number of ether oxygens (including phenoxy) is 1. The number of ketones is 1. The second kappa shape index (κ2) is 8.33. The van der Waals surface area contributed by atoms with Crippen LogP contribution >= 0.6 is 11.6 Å². The third-order valence-electron chi connectivity index (χ3n) is 5.96. The number of furan rings is 1. The second-order valence-corrected chi connectivity index (χ2v) is 8.45. The molecule has 0 spiro atoms. The Morgan fingerprint density at radius 1 is 1.15 bits per heavy atom. The zero-order valence-corrected chi connectivity index (χ0v) is 18.6. The van der Waals surface area contributed by atoms with Gasteiger partial charge >= 0.3 is 0 Å². The number of aliphatic hydroxyl groups is 1. The van der Waals surface area contributed by atoms with E-state index in [0.717, 1.165) is 5.69 Å². The van der Waals surface area contributed by atoms with Crippen molar-refractivity contribution in [2.75, 3.05) is 25.1 Å². The number of hydrogen-bond acceptors (Lipinski definition) is 6. The highest BCUT2D eigenvalue weighted by molar-refractivity contribution is 6.46. The summed E-state index contributed by atoms with van der Waals surface area (Å²) < 4.78 is 11.1. The number of carbonyl (C=O) groups is 2. The number of hydrogen-bond donors (Lipinski definition) is 1. The Bertz CT molecular complexity index is 1250. The fraction of sp³-hybridized carbons (Fsp3) is 0.200. The predicted molar refractivity (Wildman–Crippen MR) is 123 cm³/mol. The average Bonchev–Trinajstić information content (AvgIpc) is 3.42. The largest absolute Gasteiger partial charge is 0.507 e. The van der Waals surface area contributed by atoms with E-state index < -0.39 is 17.7 Å². The monoisotopic (exact) mass is 464 g/mol. The van der Waals surface area contributed by atoms with Gasteiger partial charge in [-0.05, 0) is 48.0 Å². The van der Waals surface area contributed by atoms with Crippen LogP contribution in [0.4, 0.5) is 5.69 Å². The molecular formula is C25H21ClN2O5. The number of Topliss-reactive ketones (excluding diaryl/α,β-unsaturated/α-hetero) is 1. The summed E-state index contributed by atoms with van der Waals surface area (Å²) in [5, 5.41) is 11.8. The van der Waals surface area contributed by atoms with Crippen molar-refractivity contribution in [1.29, 1.82) is 0 Å². The highest BCUT2D eigenvalue weighted by Gasteiger charge is 2.46. The number of rotatable bonds is 4. The molecule has 3 aromatic rings. The zero-order valence-electron chi connectivity index (χ0n) is 17.8. The van der Waals surface area contributed by atoms with E-state index >= 15 is 0 Å². The molecule has 3 heterocycles. The lowest BCUT2D eigenvalue weighted by molar-refractivity contribution is -0.140. The van der Waals surface area contributed by atoms with Crippen molar-refractivity contribution in [3.05, 3.63) is 88.3 Å². The van der Waals surface area contributed by atoms with Crippen molar-refractivity contribution in [3.63, 3.8) is 0 Å². The standard InChI is InChI=1S/C25H21ClN2O5/c1-27-10-12-33-20-9-6-16(13-19(20)27)23(29)21-22(15-4-7-17(26)8-5-15)28(25(31)24(21)30)14-18-3-2-11-32-18/h2-9,11,13,22,29H,10,12,14H2,1H3/b23-21-. The van der Waals surface area contributed by atoms with Gasteiger partial charge in [0.05, 0.1) is 36.7 Å². The van der Waals surface area contributed by atoms with Gasteiger partial charge in [-0.1, -0.05) is 23.7 Å². The first-order valence-corrected chi connectivity index (χ1v) is 10.9. The molecule has 0 bridgehead atoms. The van der Waals surface area contributed by atoms with Crippen LogP contribution in [0.3, 0.4) is 0 Å². The van der Waals surface area contributed by atoms with Crippen LogP contribution in [0.1, 0.15) is 22.9 Å². The quantitative estimate of drug-likeness (QED) is 0.350. The Hall–Kier alpha value is -3.71. The number of anilines is 1. The molecule has 5 rings (SSSR count). The van der Waals surface area contributed by atoms with Crippen LogP contribution in [-0.4, -0.2) is 41.9 Å². The maximum Gasteiger partial charge on any atom is 0.296 e. The molecule has 0 radical (unpaired) electrons. The van der Waals surface area contributed by atoms with Gasteiger partial charge in [0.15, 0.2) is 0 Å². The maximum atomic E-state index is 13.2. The fourth-order valence-corrected chi connectivity index (χ4v) is 4.38. The van der Waals surface area contributed by atoms with Gasteiger partial charge in [0.25, 0.3) is 11.7 Å². The lowest BCUT2D eigenvalue weighted by atomic mass is 9.95. The summed E-state index contributed by atoms with van der Waals surface area (Å²) in [4.78, 5) is 29.6. The van der Waals surface area contributed by atoms with Gasteiger partial charge in [0.2, 0.25) is 0 Å². The number of carbonyl (C=O) groups excluding carboxylic acids is 2. The van der Waals surface area contributed by atoms with E-state index in [-0.39, 0.29) is 17.9 Å². The summed E-state index contributed by atoms with van der Waals surface area (Å²) in [6, 6.07) is 14.7. The van der Waals surface area contributed by atoms with Crippen LogP contribution in [0.25, 0.3) is 5.76 Å². The molecule has 1 aromatic heterocycles. The van der Waals surface area contributed by atoms with E-state index in [1.165, 1.54) is 11.2 Å². The molecule has 1 unspecified atom stereocenters. The molecule has 1 atom stereocenters. The molecule has 1 fully saturated rings. The molecule has 2 aromatic carbocycles. The SMILES string of the molecule is CN1CCOc2ccc(/C(O)=C3/C(=O)C(=O)N(Cc4ccco4)C3c3ccc(Cl)cc3)cc21. The number of likely N-dealkylation sites (N-methyl/N-ethyl adjacent to an activating group) is 1. The highest BCUT2D eigenvalue weighted by atomic mass is 35.5. The van der Waals surface area contributed by atoms with Crippen LogP contribution in [0.2, 0.25) is 5.02 Å². The van der Waals surface area contributed by atoms with Gasteiger partial charge in [0.1, 0.15) is 23.9 Å². The van der Waals surface area contributed by atoms with Crippen LogP contribution in [0.15, 0.2) is 70.9 Å². The van der Waals surface area contributed by atoms with Crippen molar-refractivity contribution in [3.8, 4) is 5.75 Å². The first-order valence-electron chi connectivity index (χ1n) is 10.5. The summed E-state index contributed by atoms with van der Waals surface area (Å²) >= 11 is 6.06. The number of nitrogens with zero attached hydrogens (tertiary/aromatic N) is 2. The van der Waals surface area contributed by atoms with E-state index in [1.807, 2.05) is 11.9 Å². The van der Waals surface area contributed by atoms with Crippen molar-refractivity contribution in [2.45, 2.75) is 12.6 Å². The Morgan fingerprint density at radius 2 is 1.94 bits per heavy atom. The highest BCUT2D eigenvalue weighted by Crippen LogP contribution is 2.42. The smallest absolute Gasteiger partial charge is 0.296 e. The van der Waals surface area contributed by atoms with E-state index in [1.54, 1.807) is 54.6 Å². The summed E-state index contributed by atoms with van der Waals surface area (Å²) in [5.74, 6) is -0.458. The molecular weight excluding hydrogens is 444 g/mol. The molecule has 168 valence electrons. The van der Waals surface area contributed by atoms with Crippen molar-refractivity contribution in [1.82, 2.24) is 4.90 Å². The van der Waals surface area contributed by atoms with Crippen LogP contribution in [0.5, 0.6) is 5.75 Å². The van der Waals surface area contributed by atoms with Gasteiger partial charge in [0, 0.05) is 17.6 Å². The average molecular weight is 465 g/mol. The normalized spacial score (nSPS) is 19.5. The molecule has 0 aliphatic carbocycles. The second-order valence-electron chi connectivity index (χ2n) is 8.01. The van der Waals surface area contributed by atoms with Gasteiger partial charge in [-0.2, -0.15) is 0 Å². The minimum absolute atomic E-state index is 0.0215. The van der Waals surface area contributed by atoms with Gasteiger partial charge in [-0.15, -0.1) is 0 Å². The number of amides is 1. The molecule has 2 aliphatic rings. The maximum absolute atomic E-state index is 13.2. The number of likely N-dealkylation sites (tertiary alicyclic amines) is 1. The Morgan fingerprint density at radius 3 is 2.67 bits per heavy atom. The number of benzene rings is 2. The number of aliphatic hydroxyl groups excluding tert-OH is 1. The topological polar surface area (TPSA) is 83.2 Å². The van der Waals surface area contributed by atoms with Crippen LogP contribution in [-0.2, 0) is 16.1 Å². The lowest BCUT2D eigenvalue weighted by Crippen LogP contribution is -2.29. The summed E-state index contributed by atoms with van der Waals surface area (Å²) in [6.07, 6.45) is 1.51. The first kappa shape index (κ1) is 21.2. The third-order valence-corrected chi connectivity index (χ3v) is 6.21. The molecule has 33 heavy (non-hydrogen) atoms. The minimum Gasteiger partial charge on any atom is -0.507 e. The molecule has 1 saturated heterocycles. The van der Waals surface area contributed by atoms with Gasteiger partial charge in [-0.25, -0.2) is 0 Å².